The highest BCUT2D eigenvalue weighted by Crippen LogP contribution is 2.28. The Kier molecular flexibility index (Phi) is 6.74. The van der Waals surface area contributed by atoms with Crippen molar-refractivity contribution in [2.75, 3.05) is 19.7 Å². The minimum atomic E-state index is -0.130. The number of rotatable bonds is 7. The zero-order chi connectivity index (χ0) is 19.9. The number of nitrogens with zero attached hydrogens (tertiary/aromatic N) is 1. The molecule has 150 valence electrons. The molecule has 6 heteroatoms. The molecule has 0 aliphatic carbocycles. The van der Waals surface area contributed by atoms with Gasteiger partial charge in [-0.15, -0.1) is 0 Å². The number of amides is 2. The van der Waals surface area contributed by atoms with Crippen molar-refractivity contribution < 1.29 is 18.7 Å². The summed E-state index contributed by atoms with van der Waals surface area (Å²) in [6.07, 6.45) is 3.96. The van der Waals surface area contributed by atoms with Crippen LogP contribution in [0.4, 0.5) is 0 Å². The Bertz CT molecular complexity index is 780. The zero-order valence-electron chi connectivity index (χ0n) is 16.5. The molecule has 1 saturated heterocycles. The molecule has 1 atom stereocenters. The number of likely N-dealkylation sites (tertiary alicyclic amines) is 1. The van der Waals surface area contributed by atoms with Gasteiger partial charge in [-0.1, -0.05) is 32.0 Å². The molecule has 1 unspecified atom stereocenters. The molecule has 0 saturated carbocycles. The number of hydrogen-bond acceptors (Lipinski definition) is 4. The number of nitrogens with one attached hydrogen (secondary N) is 1. The number of carbonyl (C=O) groups is 2. The van der Waals surface area contributed by atoms with Crippen LogP contribution >= 0.6 is 0 Å². The van der Waals surface area contributed by atoms with Gasteiger partial charge in [0.25, 0.3) is 11.8 Å². The van der Waals surface area contributed by atoms with Gasteiger partial charge in [0.2, 0.25) is 0 Å². The fraction of sp³-hybridized carbons (Fsp3) is 0.455. The van der Waals surface area contributed by atoms with Gasteiger partial charge < -0.3 is 19.4 Å². The van der Waals surface area contributed by atoms with Gasteiger partial charge in [0.1, 0.15) is 5.75 Å². The van der Waals surface area contributed by atoms with E-state index >= 15 is 0 Å². The van der Waals surface area contributed by atoms with E-state index in [1.165, 1.54) is 6.26 Å². The third kappa shape index (κ3) is 4.94. The molecule has 1 aliphatic rings. The Hall–Kier alpha value is -2.76. The first-order chi connectivity index (χ1) is 13.6. The summed E-state index contributed by atoms with van der Waals surface area (Å²) in [6, 6.07) is 11.3. The minimum absolute atomic E-state index is 0.00100. The average Bonchev–Trinajstić information content (AvgIpc) is 3.27. The number of hydrogen-bond donors (Lipinski definition) is 1. The first-order valence-electron chi connectivity index (χ1n) is 9.92. The van der Waals surface area contributed by atoms with Gasteiger partial charge in [-0.25, -0.2) is 0 Å². The molecule has 1 N–H and O–H groups in total. The molecule has 1 fully saturated rings. The van der Waals surface area contributed by atoms with Crippen LogP contribution in [0.5, 0.6) is 5.75 Å². The van der Waals surface area contributed by atoms with E-state index in [2.05, 4.69) is 19.2 Å². The molecule has 2 aromatic rings. The van der Waals surface area contributed by atoms with Gasteiger partial charge in [0.05, 0.1) is 6.26 Å². The molecule has 2 amide bonds. The third-order valence-corrected chi connectivity index (χ3v) is 5.30. The van der Waals surface area contributed by atoms with E-state index in [0.29, 0.717) is 24.8 Å². The highest BCUT2D eigenvalue weighted by atomic mass is 16.5. The molecule has 1 aliphatic heterocycles. The SMILES string of the molecule is CCC(C)c1ccccc1OCC(=O)NC1CCN(C(=O)c2ccco2)CC1. The Morgan fingerprint density at radius 2 is 1.96 bits per heavy atom. The van der Waals surface area contributed by atoms with Gasteiger partial charge >= 0.3 is 0 Å². The molecule has 1 aromatic carbocycles. The summed E-state index contributed by atoms with van der Waals surface area (Å²) in [6.45, 7) is 5.49. The van der Waals surface area contributed by atoms with E-state index in [4.69, 9.17) is 9.15 Å². The van der Waals surface area contributed by atoms with Crippen LogP contribution in [-0.2, 0) is 4.79 Å². The summed E-state index contributed by atoms with van der Waals surface area (Å²) >= 11 is 0. The average molecular weight is 384 g/mol. The van der Waals surface area contributed by atoms with Crippen LogP contribution in [0.3, 0.4) is 0 Å². The van der Waals surface area contributed by atoms with Crippen LogP contribution in [0.1, 0.15) is 55.1 Å². The fourth-order valence-electron chi connectivity index (χ4n) is 3.43. The monoisotopic (exact) mass is 384 g/mol. The molecule has 1 aromatic heterocycles. The second kappa shape index (κ2) is 9.44. The van der Waals surface area contributed by atoms with E-state index in [-0.39, 0.29) is 24.5 Å². The molecule has 6 nitrogen and oxygen atoms in total. The second-order valence-corrected chi connectivity index (χ2v) is 7.25. The fourth-order valence-corrected chi connectivity index (χ4v) is 3.43. The van der Waals surface area contributed by atoms with Gasteiger partial charge in [-0.05, 0) is 48.9 Å². The largest absolute Gasteiger partial charge is 0.483 e. The van der Waals surface area contributed by atoms with Crippen LogP contribution in [0.2, 0.25) is 0 Å². The van der Waals surface area contributed by atoms with Gasteiger partial charge in [-0.2, -0.15) is 0 Å². The van der Waals surface area contributed by atoms with E-state index in [9.17, 15) is 9.59 Å². The lowest BCUT2D eigenvalue weighted by molar-refractivity contribution is -0.124. The summed E-state index contributed by atoms with van der Waals surface area (Å²) < 4.78 is 11.0. The lowest BCUT2D eigenvalue weighted by atomic mass is 9.98. The highest BCUT2D eigenvalue weighted by molar-refractivity contribution is 5.91. The molecular formula is C22H28N2O4. The van der Waals surface area contributed by atoms with E-state index in [1.54, 1.807) is 17.0 Å². The maximum Gasteiger partial charge on any atom is 0.289 e. The highest BCUT2D eigenvalue weighted by Gasteiger charge is 2.26. The number of carbonyl (C=O) groups excluding carboxylic acids is 2. The Labute approximate surface area is 165 Å². The first-order valence-corrected chi connectivity index (χ1v) is 9.92. The maximum absolute atomic E-state index is 12.3. The van der Waals surface area contributed by atoms with Crippen LogP contribution < -0.4 is 10.1 Å². The normalized spacial score (nSPS) is 15.9. The predicted octanol–water partition coefficient (Wildman–Crippen LogP) is 3.59. The Balaban J connectivity index is 1.45. The van der Waals surface area contributed by atoms with Gasteiger partial charge in [0, 0.05) is 19.1 Å². The van der Waals surface area contributed by atoms with Crippen molar-refractivity contribution in [3.05, 3.63) is 54.0 Å². The molecule has 0 spiro atoms. The van der Waals surface area contributed by atoms with E-state index in [1.807, 2.05) is 24.3 Å². The van der Waals surface area contributed by atoms with Crippen LogP contribution in [0, 0.1) is 0 Å². The number of para-hydroxylation sites is 1. The van der Waals surface area contributed by atoms with Crippen molar-refractivity contribution in [2.24, 2.45) is 0 Å². The number of piperidine rings is 1. The number of benzene rings is 1. The molecule has 2 heterocycles. The van der Waals surface area contributed by atoms with Crippen molar-refractivity contribution in [1.82, 2.24) is 10.2 Å². The number of ether oxygens (including phenoxy) is 1. The second-order valence-electron chi connectivity index (χ2n) is 7.25. The first kappa shape index (κ1) is 20.0. The summed E-state index contributed by atoms with van der Waals surface area (Å²) in [5, 5.41) is 3.02. The lowest BCUT2D eigenvalue weighted by Gasteiger charge is -2.31. The van der Waals surface area contributed by atoms with E-state index in [0.717, 1.165) is 30.6 Å². The standard InChI is InChI=1S/C22H28N2O4/c1-3-16(2)18-7-4-5-8-19(18)28-15-21(25)23-17-10-12-24(13-11-17)22(26)20-9-6-14-27-20/h4-9,14,16-17H,3,10-13,15H2,1-2H3,(H,23,25). The quantitative estimate of drug-likeness (QED) is 0.792. The van der Waals surface area contributed by atoms with E-state index < -0.39 is 0 Å². The van der Waals surface area contributed by atoms with Crippen molar-refractivity contribution in [3.8, 4) is 5.75 Å². The summed E-state index contributed by atoms with van der Waals surface area (Å²) in [7, 11) is 0. The molecule has 0 bridgehead atoms. The molecule has 3 rings (SSSR count). The third-order valence-electron chi connectivity index (χ3n) is 5.30. The van der Waals surface area contributed by atoms with Crippen molar-refractivity contribution in [2.45, 2.75) is 45.1 Å². The predicted molar refractivity (Wildman–Crippen MR) is 106 cm³/mol. The smallest absolute Gasteiger partial charge is 0.289 e. The van der Waals surface area contributed by atoms with Crippen LogP contribution in [-0.4, -0.2) is 42.5 Å². The Morgan fingerprint density at radius 3 is 2.64 bits per heavy atom. The maximum atomic E-state index is 12.3. The zero-order valence-corrected chi connectivity index (χ0v) is 16.5. The minimum Gasteiger partial charge on any atom is -0.483 e. The molecular weight excluding hydrogens is 356 g/mol. The number of furan rings is 1. The Morgan fingerprint density at radius 1 is 1.21 bits per heavy atom. The van der Waals surface area contributed by atoms with Gasteiger partial charge in [0.15, 0.2) is 12.4 Å². The summed E-state index contributed by atoms with van der Waals surface area (Å²) in [5.74, 6) is 1.28. The van der Waals surface area contributed by atoms with Crippen molar-refractivity contribution >= 4 is 11.8 Å². The topological polar surface area (TPSA) is 71.8 Å². The lowest BCUT2D eigenvalue weighted by Crippen LogP contribution is -2.47. The van der Waals surface area contributed by atoms with Crippen molar-refractivity contribution in [1.29, 1.82) is 0 Å². The van der Waals surface area contributed by atoms with Crippen molar-refractivity contribution in [3.63, 3.8) is 0 Å². The van der Waals surface area contributed by atoms with Crippen LogP contribution in [0.25, 0.3) is 0 Å². The van der Waals surface area contributed by atoms with Crippen LogP contribution in [0.15, 0.2) is 47.1 Å². The summed E-state index contributed by atoms with van der Waals surface area (Å²) in [5.41, 5.74) is 1.13. The molecule has 0 radical (unpaired) electrons. The molecule has 28 heavy (non-hydrogen) atoms. The van der Waals surface area contributed by atoms with Gasteiger partial charge in [-0.3, -0.25) is 9.59 Å². The summed E-state index contributed by atoms with van der Waals surface area (Å²) in [4.78, 5) is 26.4.